The van der Waals surface area contributed by atoms with Gasteiger partial charge in [-0.3, -0.25) is 0 Å². The molecule has 1 nitrogen and oxygen atoms in total. The van der Waals surface area contributed by atoms with Crippen LogP contribution in [-0.2, 0) is 0 Å². The summed E-state index contributed by atoms with van der Waals surface area (Å²) in [5.74, 6) is -0.0972. The molecule has 4 heteroatoms. The highest BCUT2D eigenvalue weighted by Crippen LogP contribution is 2.37. The molecule has 2 aromatic carbocycles. The van der Waals surface area contributed by atoms with E-state index in [0.717, 1.165) is 21.2 Å². The third-order valence-electron chi connectivity index (χ3n) is 2.89. The topological polar surface area (TPSA) is 9.23 Å². The van der Waals surface area contributed by atoms with Gasteiger partial charge in [0.25, 0.3) is 0 Å². The Bertz CT molecular complexity index is 599. The summed E-state index contributed by atoms with van der Waals surface area (Å²) in [5.41, 5.74) is 3.09. The van der Waals surface area contributed by atoms with E-state index in [9.17, 15) is 4.39 Å². The van der Waals surface area contributed by atoms with Crippen molar-refractivity contribution >= 4 is 31.9 Å². The summed E-state index contributed by atoms with van der Waals surface area (Å²) in [5, 5.41) is 0. The summed E-state index contributed by atoms with van der Waals surface area (Å²) >= 11 is 7.15. The quantitative estimate of drug-likeness (QED) is 0.641. The lowest BCUT2D eigenvalue weighted by Gasteiger charge is -2.14. The van der Waals surface area contributed by atoms with E-state index in [1.165, 1.54) is 13.2 Å². The molecule has 0 aliphatic carbocycles. The van der Waals surface area contributed by atoms with Gasteiger partial charge in [-0.2, -0.15) is 0 Å². The number of rotatable bonds is 3. The van der Waals surface area contributed by atoms with Gasteiger partial charge in [0.1, 0.15) is 0 Å². The van der Waals surface area contributed by atoms with Crippen LogP contribution in [-0.4, -0.2) is 7.11 Å². The Labute approximate surface area is 129 Å². The zero-order valence-electron chi connectivity index (χ0n) is 10.6. The van der Waals surface area contributed by atoms with Crippen LogP contribution in [0.2, 0.25) is 0 Å². The van der Waals surface area contributed by atoms with Crippen LogP contribution in [0.4, 0.5) is 4.39 Å². The lowest BCUT2D eigenvalue weighted by molar-refractivity contribution is 0.386. The van der Waals surface area contributed by atoms with Crippen LogP contribution >= 0.6 is 31.9 Å². The normalized spacial score (nSPS) is 12.3. The van der Waals surface area contributed by atoms with Gasteiger partial charge in [-0.1, -0.05) is 55.6 Å². The van der Waals surface area contributed by atoms with E-state index in [2.05, 4.69) is 37.9 Å². The number of ether oxygens (including phenoxy) is 1. The van der Waals surface area contributed by atoms with E-state index >= 15 is 0 Å². The van der Waals surface area contributed by atoms with Crippen molar-refractivity contribution in [3.8, 4) is 5.75 Å². The van der Waals surface area contributed by atoms with Crippen LogP contribution in [0.1, 0.15) is 21.5 Å². The zero-order valence-corrected chi connectivity index (χ0v) is 13.8. The van der Waals surface area contributed by atoms with Crippen molar-refractivity contribution in [2.45, 2.75) is 11.8 Å². The molecule has 0 aliphatic rings. The van der Waals surface area contributed by atoms with Crippen LogP contribution < -0.4 is 4.74 Å². The summed E-state index contributed by atoms with van der Waals surface area (Å²) in [7, 11) is 1.46. The van der Waals surface area contributed by atoms with E-state index in [1.54, 1.807) is 6.07 Å². The van der Waals surface area contributed by atoms with Gasteiger partial charge < -0.3 is 4.74 Å². The summed E-state index contributed by atoms with van der Waals surface area (Å²) < 4.78 is 19.7. The number of aryl methyl sites for hydroxylation is 1. The second-order valence-electron chi connectivity index (χ2n) is 4.28. The summed E-state index contributed by atoms with van der Waals surface area (Å²) in [6, 6.07) is 11.1. The molecule has 2 rings (SSSR count). The number of halogens is 3. The lowest BCUT2D eigenvalue weighted by atomic mass is 10.0. The molecule has 0 fully saturated rings. The van der Waals surface area contributed by atoms with Gasteiger partial charge >= 0.3 is 0 Å². The molecule has 0 aromatic heterocycles. The average Bonchev–Trinajstić information content (AvgIpc) is 2.40. The summed E-state index contributed by atoms with van der Waals surface area (Å²) in [6.07, 6.45) is 0. The van der Waals surface area contributed by atoms with Gasteiger partial charge in [0.15, 0.2) is 11.6 Å². The van der Waals surface area contributed by atoms with E-state index in [1.807, 2.05) is 25.1 Å². The Hall–Kier alpha value is -0.870. The molecule has 100 valence electrons. The Balaban J connectivity index is 2.41. The first kappa shape index (κ1) is 14.5. The van der Waals surface area contributed by atoms with E-state index in [-0.39, 0.29) is 16.4 Å². The maximum Gasteiger partial charge on any atom is 0.165 e. The zero-order chi connectivity index (χ0) is 14.0. The third kappa shape index (κ3) is 3.18. The van der Waals surface area contributed by atoms with Crippen LogP contribution in [0.3, 0.4) is 0 Å². The first-order valence-electron chi connectivity index (χ1n) is 5.76. The Morgan fingerprint density at radius 1 is 1.16 bits per heavy atom. The van der Waals surface area contributed by atoms with Gasteiger partial charge in [-0.05, 0) is 36.2 Å². The molecule has 0 amide bonds. The number of alkyl halides is 1. The fraction of sp³-hybridized carbons (Fsp3) is 0.200. The van der Waals surface area contributed by atoms with Gasteiger partial charge in [0.2, 0.25) is 0 Å². The number of benzene rings is 2. The van der Waals surface area contributed by atoms with E-state index in [4.69, 9.17) is 4.74 Å². The van der Waals surface area contributed by atoms with Gasteiger partial charge in [0.05, 0.1) is 11.9 Å². The Kier molecular flexibility index (Phi) is 4.63. The fourth-order valence-electron chi connectivity index (χ4n) is 1.88. The largest absolute Gasteiger partial charge is 0.494 e. The first-order valence-corrected chi connectivity index (χ1v) is 7.47. The Morgan fingerprint density at radius 2 is 1.89 bits per heavy atom. The van der Waals surface area contributed by atoms with Crippen molar-refractivity contribution in [1.82, 2.24) is 0 Å². The SMILES string of the molecule is COc1ccc(C(Br)c2cc(C)ccc2Br)cc1F. The van der Waals surface area contributed by atoms with E-state index < -0.39 is 0 Å². The second-order valence-corrected chi connectivity index (χ2v) is 6.05. The molecule has 0 radical (unpaired) electrons. The highest BCUT2D eigenvalue weighted by Gasteiger charge is 2.15. The maximum absolute atomic E-state index is 13.7. The Morgan fingerprint density at radius 3 is 2.53 bits per heavy atom. The molecule has 2 aromatic rings. The number of hydrogen-bond acceptors (Lipinski definition) is 1. The molecular weight excluding hydrogens is 375 g/mol. The molecule has 0 spiro atoms. The van der Waals surface area contributed by atoms with Crippen molar-refractivity contribution in [3.63, 3.8) is 0 Å². The molecule has 1 unspecified atom stereocenters. The fourth-order valence-corrected chi connectivity index (χ4v) is 3.32. The minimum Gasteiger partial charge on any atom is -0.494 e. The molecule has 0 N–H and O–H groups in total. The molecule has 1 atom stereocenters. The van der Waals surface area contributed by atoms with Crippen LogP contribution in [0.15, 0.2) is 40.9 Å². The minimum atomic E-state index is -0.353. The molecular formula is C15H13Br2FO. The first-order chi connectivity index (χ1) is 9.02. The molecule has 19 heavy (non-hydrogen) atoms. The molecule has 0 saturated heterocycles. The molecule has 0 heterocycles. The van der Waals surface area contributed by atoms with Crippen LogP contribution in [0.25, 0.3) is 0 Å². The molecule has 0 aliphatic heterocycles. The molecule has 0 saturated carbocycles. The second kappa shape index (κ2) is 6.06. The predicted molar refractivity (Wildman–Crippen MR) is 82.6 cm³/mol. The van der Waals surface area contributed by atoms with Gasteiger partial charge in [0, 0.05) is 4.47 Å². The number of methoxy groups -OCH3 is 1. The highest BCUT2D eigenvalue weighted by molar-refractivity contribution is 9.11. The third-order valence-corrected chi connectivity index (χ3v) is 4.64. The van der Waals surface area contributed by atoms with Crippen LogP contribution in [0, 0.1) is 12.7 Å². The van der Waals surface area contributed by atoms with Gasteiger partial charge in [-0.25, -0.2) is 4.39 Å². The standard InChI is InChI=1S/C15H13Br2FO/c1-9-3-5-12(16)11(7-9)15(17)10-4-6-14(19-2)13(18)8-10/h3-8,15H,1-2H3. The van der Waals surface area contributed by atoms with Crippen molar-refractivity contribution in [2.24, 2.45) is 0 Å². The van der Waals surface area contributed by atoms with Crippen LogP contribution in [0.5, 0.6) is 5.75 Å². The van der Waals surface area contributed by atoms with Crippen molar-refractivity contribution < 1.29 is 9.13 Å². The number of hydrogen-bond donors (Lipinski definition) is 0. The average molecular weight is 388 g/mol. The van der Waals surface area contributed by atoms with E-state index in [0.29, 0.717) is 0 Å². The van der Waals surface area contributed by atoms with Crippen molar-refractivity contribution in [1.29, 1.82) is 0 Å². The monoisotopic (exact) mass is 386 g/mol. The smallest absolute Gasteiger partial charge is 0.165 e. The van der Waals surface area contributed by atoms with Gasteiger partial charge in [-0.15, -0.1) is 0 Å². The maximum atomic E-state index is 13.7. The predicted octanol–water partition coefficient (Wildman–Crippen LogP) is 5.39. The summed E-state index contributed by atoms with van der Waals surface area (Å²) in [4.78, 5) is -0.0674. The van der Waals surface area contributed by atoms with Crippen molar-refractivity contribution in [2.75, 3.05) is 7.11 Å². The highest BCUT2D eigenvalue weighted by atomic mass is 79.9. The van der Waals surface area contributed by atoms with Crippen molar-refractivity contribution in [3.05, 3.63) is 63.4 Å². The minimum absolute atomic E-state index is 0.0674. The molecule has 0 bridgehead atoms. The lowest BCUT2D eigenvalue weighted by Crippen LogP contribution is -1.97. The summed E-state index contributed by atoms with van der Waals surface area (Å²) in [6.45, 7) is 2.03.